The number of aromatic nitrogens is 5. The van der Waals surface area contributed by atoms with Crippen LogP contribution < -0.4 is 5.73 Å². The van der Waals surface area contributed by atoms with Crippen molar-refractivity contribution in [2.45, 2.75) is 19.4 Å². The van der Waals surface area contributed by atoms with E-state index in [0.717, 1.165) is 43.6 Å². The molecule has 1 fully saturated rings. The van der Waals surface area contributed by atoms with Gasteiger partial charge < -0.3 is 10.8 Å². The van der Waals surface area contributed by atoms with Crippen LogP contribution in [0.4, 0.5) is 5.82 Å². The maximum atomic E-state index is 9.49. The molecule has 0 saturated carbocycles. The van der Waals surface area contributed by atoms with E-state index >= 15 is 0 Å². The lowest BCUT2D eigenvalue weighted by Crippen LogP contribution is -2.36. The molecule has 1 unspecified atom stereocenters. The first-order valence-electron chi connectivity index (χ1n) is 11.4. The van der Waals surface area contributed by atoms with Gasteiger partial charge in [0.2, 0.25) is 0 Å². The molecule has 1 atom stereocenters. The van der Waals surface area contributed by atoms with E-state index in [1.165, 1.54) is 10.2 Å². The second kappa shape index (κ2) is 10.3. The van der Waals surface area contributed by atoms with E-state index in [9.17, 15) is 5.11 Å². The lowest BCUT2D eigenvalue weighted by atomic mass is 9.98. The highest BCUT2D eigenvalue weighted by atomic mass is 35.5. The number of piperidine rings is 1. The Morgan fingerprint density at radius 1 is 1.09 bits per heavy atom. The number of nitrogens with two attached hydrogens (primary N) is 1. The number of hydrogen-bond donors (Lipinski definition) is 2. The minimum Gasteiger partial charge on any atom is -0.396 e. The zero-order valence-corrected chi connectivity index (χ0v) is 20.5. The van der Waals surface area contributed by atoms with E-state index in [1.807, 2.05) is 6.07 Å². The van der Waals surface area contributed by atoms with E-state index < -0.39 is 0 Å². The van der Waals surface area contributed by atoms with Crippen LogP contribution in [-0.4, -0.2) is 54.9 Å². The molecule has 0 spiro atoms. The SMILES string of the molecule is Nc1ncc(-c2ccc(CN3CCCC(CO)C3)cc2)cc1-c1nnnn1-c1cccc(Cl)c1Cl. The number of nitrogens with zero attached hydrogens (tertiary/aromatic N) is 6. The van der Waals surface area contributed by atoms with Gasteiger partial charge in [-0.15, -0.1) is 5.10 Å². The molecule has 3 heterocycles. The maximum absolute atomic E-state index is 9.49. The molecular formula is C25H25Cl2N7O. The number of tetrazole rings is 1. The zero-order valence-electron chi connectivity index (χ0n) is 19.0. The first-order valence-corrected chi connectivity index (χ1v) is 12.2. The van der Waals surface area contributed by atoms with E-state index in [4.69, 9.17) is 28.9 Å². The molecular weight excluding hydrogens is 485 g/mol. The van der Waals surface area contributed by atoms with Gasteiger partial charge in [-0.1, -0.05) is 53.5 Å². The van der Waals surface area contributed by atoms with Crippen LogP contribution in [0.3, 0.4) is 0 Å². The maximum Gasteiger partial charge on any atom is 0.190 e. The largest absolute Gasteiger partial charge is 0.396 e. The van der Waals surface area contributed by atoms with Gasteiger partial charge >= 0.3 is 0 Å². The average Bonchev–Trinajstić information content (AvgIpc) is 3.36. The number of pyridine rings is 1. The lowest BCUT2D eigenvalue weighted by Gasteiger charge is -2.31. The molecule has 1 aliphatic heterocycles. The fourth-order valence-electron chi connectivity index (χ4n) is 4.49. The van der Waals surface area contributed by atoms with E-state index in [-0.39, 0.29) is 6.61 Å². The minimum atomic E-state index is 0.259. The molecule has 0 amide bonds. The highest BCUT2D eigenvalue weighted by molar-refractivity contribution is 6.43. The third-order valence-corrected chi connectivity index (χ3v) is 7.15. The van der Waals surface area contributed by atoms with Crippen molar-refractivity contribution in [3.05, 3.63) is 70.3 Å². The molecule has 1 aliphatic rings. The first-order chi connectivity index (χ1) is 17.0. The summed E-state index contributed by atoms with van der Waals surface area (Å²) >= 11 is 12.6. The molecule has 10 heteroatoms. The number of likely N-dealkylation sites (tertiary alicyclic amines) is 1. The molecule has 8 nitrogen and oxygen atoms in total. The van der Waals surface area contributed by atoms with Crippen LogP contribution in [0.2, 0.25) is 10.0 Å². The van der Waals surface area contributed by atoms with Crippen LogP contribution in [0.15, 0.2) is 54.7 Å². The average molecular weight is 510 g/mol. The van der Waals surface area contributed by atoms with Gasteiger partial charge in [0.05, 0.1) is 21.3 Å². The Labute approximate surface area is 213 Å². The lowest BCUT2D eigenvalue weighted by molar-refractivity contribution is 0.116. The van der Waals surface area contributed by atoms with Crippen LogP contribution in [-0.2, 0) is 6.54 Å². The summed E-state index contributed by atoms with van der Waals surface area (Å²) in [7, 11) is 0. The smallest absolute Gasteiger partial charge is 0.190 e. The van der Waals surface area contributed by atoms with Gasteiger partial charge in [0.25, 0.3) is 0 Å². The van der Waals surface area contributed by atoms with Crippen LogP contribution in [0.25, 0.3) is 28.2 Å². The highest BCUT2D eigenvalue weighted by Crippen LogP contribution is 2.33. The summed E-state index contributed by atoms with van der Waals surface area (Å²) in [6, 6.07) is 15.6. The van der Waals surface area contributed by atoms with Crippen molar-refractivity contribution in [3.63, 3.8) is 0 Å². The van der Waals surface area contributed by atoms with Crippen molar-refractivity contribution in [2.24, 2.45) is 5.92 Å². The monoisotopic (exact) mass is 509 g/mol. The summed E-state index contributed by atoms with van der Waals surface area (Å²) in [6.07, 6.45) is 3.97. The van der Waals surface area contributed by atoms with Crippen molar-refractivity contribution in [2.75, 3.05) is 25.4 Å². The quantitative estimate of drug-likeness (QED) is 0.394. The number of halogens is 2. The van der Waals surface area contributed by atoms with Gasteiger partial charge in [-0.3, -0.25) is 4.90 Å². The predicted molar refractivity (Wildman–Crippen MR) is 137 cm³/mol. The standard InChI is InChI=1S/C25H25Cl2N7O/c26-21-4-1-5-22(23(21)27)34-25(30-31-32-34)20-11-19(12-29-24(20)28)18-8-6-16(7-9-18)13-33-10-2-3-17(14-33)15-35/h1,4-9,11-12,17,35H,2-3,10,13-15H2,(H2,28,29). The van der Waals surface area contributed by atoms with E-state index in [0.29, 0.717) is 38.9 Å². The number of aliphatic hydroxyl groups is 1. The molecule has 180 valence electrons. The Balaban J connectivity index is 1.41. The van der Waals surface area contributed by atoms with Crippen molar-refractivity contribution < 1.29 is 5.11 Å². The second-order valence-corrected chi connectivity index (χ2v) is 9.55. The van der Waals surface area contributed by atoms with Crippen molar-refractivity contribution in [3.8, 4) is 28.2 Å². The Bertz CT molecular complexity index is 1330. The molecule has 4 aromatic rings. The highest BCUT2D eigenvalue weighted by Gasteiger charge is 2.20. The third-order valence-electron chi connectivity index (χ3n) is 6.34. The van der Waals surface area contributed by atoms with Gasteiger partial charge in [0.15, 0.2) is 5.82 Å². The summed E-state index contributed by atoms with van der Waals surface area (Å²) < 4.78 is 1.51. The Hall–Kier alpha value is -3.04. The Kier molecular flexibility index (Phi) is 6.97. The molecule has 0 aliphatic carbocycles. The van der Waals surface area contributed by atoms with Crippen molar-refractivity contribution in [1.82, 2.24) is 30.1 Å². The fourth-order valence-corrected chi connectivity index (χ4v) is 4.87. The number of hydrogen-bond acceptors (Lipinski definition) is 7. The third kappa shape index (κ3) is 5.01. The fraction of sp³-hybridized carbons (Fsp3) is 0.280. The molecule has 2 aromatic heterocycles. The van der Waals surface area contributed by atoms with Gasteiger partial charge in [0, 0.05) is 31.5 Å². The predicted octanol–water partition coefficient (Wildman–Crippen LogP) is 4.48. The van der Waals surface area contributed by atoms with Crippen LogP contribution in [0, 0.1) is 5.92 Å². The molecule has 2 aromatic carbocycles. The second-order valence-electron chi connectivity index (χ2n) is 8.77. The normalized spacial score (nSPS) is 16.5. The summed E-state index contributed by atoms with van der Waals surface area (Å²) in [5.74, 6) is 1.10. The van der Waals surface area contributed by atoms with E-state index in [2.05, 4.69) is 49.7 Å². The summed E-state index contributed by atoms with van der Waals surface area (Å²) in [5, 5.41) is 22.3. The molecule has 0 bridgehead atoms. The summed E-state index contributed by atoms with van der Waals surface area (Å²) in [6.45, 7) is 3.13. The topological polar surface area (TPSA) is 106 Å². The minimum absolute atomic E-state index is 0.259. The van der Waals surface area contributed by atoms with Crippen molar-refractivity contribution in [1.29, 1.82) is 0 Å². The van der Waals surface area contributed by atoms with Crippen molar-refractivity contribution >= 4 is 29.0 Å². The number of anilines is 1. The number of rotatable bonds is 6. The molecule has 3 N–H and O–H groups in total. The first kappa shape index (κ1) is 23.7. The zero-order chi connectivity index (χ0) is 24.4. The Morgan fingerprint density at radius 3 is 2.71 bits per heavy atom. The van der Waals surface area contributed by atoms with Crippen LogP contribution >= 0.6 is 23.2 Å². The summed E-state index contributed by atoms with van der Waals surface area (Å²) in [5.41, 5.74) is 10.5. The van der Waals surface area contributed by atoms with Gasteiger partial charge in [-0.05, 0) is 65.1 Å². The Morgan fingerprint density at radius 2 is 1.91 bits per heavy atom. The van der Waals surface area contributed by atoms with Gasteiger partial charge in [0.1, 0.15) is 5.82 Å². The number of aliphatic hydroxyl groups excluding tert-OH is 1. The molecule has 1 saturated heterocycles. The number of nitrogen functional groups attached to an aromatic ring is 1. The molecule has 0 radical (unpaired) electrons. The summed E-state index contributed by atoms with van der Waals surface area (Å²) in [4.78, 5) is 6.80. The van der Waals surface area contributed by atoms with Crippen LogP contribution in [0.5, 0.6) is 0 Å². The molecule has 5 rings (SSSR count). The van der Waals surface area contributed by atoms with Gasteiger partial charge in [-0.25, -0.2) is 4.98 Å². The van der Waals surface area contributed by atoms with E-state index in [1.54, 1.807) is 24.4 Å². The van der Waals surface area contributed by atoms with Crippen LogP contribution in [0.1, 0.15) is 18.4 Å². The number of benzene rings is 2. The molecule has 35 heavy (non-hydrogen) atoms. The van der Waals surface area contributed by atoms with Gasteiger partial charge in [-0.2, -0.15) is 4.68 Å².